The largest absolute Gasteiger partial charge is 0.780 e. The van der Waals surface area contributed by atoms with E-state index >= 15 is 0 Å². The van der Waals surface area contributed by atoms with Gasteiger partial charge in [0.1, 0.15) is 73.0 Å². The molecular weight excluding hydrogens is 1120 g/mol. The van der Waals surface area contributed by atoms with Crippen LogP contribution in [-0.4, -0.2) is 155 Å². The van der Waals surface area contributed by atoms with Crippen LogP contribution in [0.3, 0.4) is 0 Å². The molecule has 0 aromatic carbocycles. The highest BCUT2D eigenvalue weighted by Gasteiger charge is 2.64. The van der Waals surface area contributed by atoms with Gasteiger partial charge in [-0.25, -0.2) is 33.1 Å². The number of fused-ring (bicyclic) bond motifs is 5. The van der Waals surface area contributed by atoms with Crippen LogP contribution in [0.25, 0.3) is 33.5 Å². The summed E-state index contributed by atoms with van der Waals surface area (Å²) in [6, 6.07) is 0. The molecule has 0 amide bonds. The summed E-state index contributed by atoms with van der Waals surface area (Å²) in [4.78, 5) is 106. The molecule has 43 heteroatoms. The molecule has 4 aliphatic heterocycles. The molecule has 75 heavy (non-hydrogen) atoms. The number of aromatic amines is 2. The van der Waals surface area contributed by atoms with Gasteiger partial charge in [-0.15, -0.1) is 0 Å². The van der Waals surface area contributed by atoms with E-state index in [0.29, 0.717) is 0 Å². The molecule has 12 N–H and O–H groups in total. The van der Waals surface area contributed by atoms with Crippen molar-refractivity contribution < 1.29 is 104 Å². The van der Waals surface area contributed by atoms with Crippen molar-refractivity contribution in [3.8, 4) is 0 Å². The summed E-state index contributed by atoms with van der Waals surface area (Å²) >= 11 is 5.17. The van der Waals surface area contributed by atoms with E-state index in [4.69, 9.17) is 61.5 Å². The predicted molar refractivity (Wildman–Crippen MR) is 235 cm³/mol. The molecule has 0 radical (unpaired) electrons. The molecule has 6 aromatic rings. The summed E-state index contributed by atoms with van der Waals surface area (Å²) in [6.45, 7) is -8.97. The molecule has 0 aliphatic carbocycles. The Labute approximate surface area is 419 Å². The average Bonchev–Trinajstić information content (AvgIpc) is 4.23. The third-order valence-corrected chi connectivity index (χ3v) is 17.6. The molecule has 4 aliphatic rings. The number of nitrogens with two attached hydrogens (primary N) is 3. The quantitative estimate of drug-likeness (QED) is 0.0285. The maximum atomic E-state index is 14.0. The topological polar surface area (TPSA) is 556 Å². The number of anilines is 3. The number of nitrogen functional groups attached to an aromatic ring is 3. The standard InChI is InChI=1S/C32H41N15O23P4S/c1-44-9-47(24-14(44)26(53)43-31(35)41-24)28-18(51)15(48)10(66-28)2-62-71(54,55)69-73(58,59)70-72(56,57)64-5-32-4-61-19(29(67-32)45-7-38-12-21(33)36-6-37-22(12)45)20(32)68-74(60,75)63-3-11-16(49)17(50)27(65-11)46-8-39-13-23(46)40-30(34)42-25(13)52/h6-11,15-20,27-29,48-51H,2-5H2,1H3,(H11-,33,34,35,36,37,40,41,42,43,52,53,54,55,56,57,58,59,60,75)/p-3/t10-,11-,15?,16?,17+,18+,19?,20-,27-,28-,29-,32-,74?/m1/s1. The van der Waals surface area contributed by atoms with Crippen molar-refractivity contribution in [1.82, 2.24) is 53.6 Å². The Kier molecular flexibility index (Phi) is 13.8. The first-order chi connectivity index (χ1) is 35.2. The van der Waals surface area contributed by atoms with E-state index in [9.17, 15) is 63.3 Å². The van der Waals surface area contributed by atoms with Crippen molar-refractivity contribution in [1.29, 1.82) is 0 Å². The number of phosphoric acid groups is 3. The number of nitrogens with one attached hydrogen (secondary N) is 2. The van der Waals surface area contributed by atoms with Crippen molar-refractivity contribution in [2.75, 3.05) is 43.6 Å². The zero-order valence-corrected chi connectivity index (χ0v) is 41.8. The van der Waals surface area contributed by atoms with Gasteiger partial charge < -0.3 is 94.2 Å². The lowest BCUT2D eigenvalue weighted by molar-refractivity contribution is -0.745. The number of phosphoric ester groups is 2. The molecular formula is C32H38N15O23P4S-3. The second-order valence-electron chi connectivity index (χ2n) is 16.9. The fourth-order valence-electron chi connectivity index (χ4n) is 8.70. The molecule has 6 aromatic heterocycles. The monoisotopic (exact) mass is 1160 g/mol. The minimum Gasteiger partial charge on any atom is -0.780 e. The molecule has 4 fully saturated rings. The van der Waals surface area contributed by atoms with Crippen LogP contribution in [0, 0.1) is 0 Å². The fourth-order valence-corrected chi connectivity index (χ4v) is 13.6. The van der Waals surface area contributed by atoms with Crippen molar-refractivity contribution in [2.24, 2.45) is 7.05 Å². The first-order valence-corrected chi connectivity index (χ1v) is 28.1. The van der Waals surface area contributed by atoms with Crippen molar-refractivity contribution in [3.05, 3.63) is 46.0 Å². The van der Waals surface area contributed by atoms with Gasteiger partial charge in [-0.2, -0.15) is 4.98 Å². The average molecular weight is 1160 g/mol. The Hall–Kier alpha value is -4.73. The van der Waals surface area contributed by atoms with Gasteiger partial charge in [0.15, 0.2) is 41.4 Å². The van der Waals surface area contributed by atoms with Crippen LogP contribution >= 0.6 is 30.2 Å². The molecule has 38 nitrogen and oxygen atoms in total. The molecule has 10 heterocycles. The second kappa shape index (κ2) is 19.3. The summed E-state index contributed by atoms with van der Waals surface area (Å²) in [6.07, 6.45) is -13.6. The van der Waals surface area contributed by atoms with Crippen molar-refractivity contribution in [2.45, 2.75) is 73.1 Å². The number of aromatic nitrogens is 12. The molecule has 10 rings (SSSR count). The van der Waals surface area contributed by atoms with Gasteiger partial charge >= 0.3 is 5.65 Å². The first kappa shape index (κ1) is 53.7. The number of H-pyrrole nitrogens is 2. The Bertz CT molecular complexity index is 3550. The lowest BCUT2D eigenvalue weighted by Crippen LogP contribution is -2.46. The zero-order valence-electron chi connectivity index (χ0n) is 37.4. The van der Waals surface area contributed by atoms with Gasteiger partial charge in [0.05, 0.1) is 46.1 Å². The zero-order chi connectivity index (χ0) is 53.9. The van der Waals surface area contributed by atoms with Crippen LogP contribution in [0.2, 0.25) is 0 Å². The lowest BCUT2D eigenvalue weighted by Gasteiger charge is -2.38. The number of aliphatic hydroxyl groups is 4. The van der Waals surface area contributed by atoms with Crippen LogP contribution in [0.4, 0.5) is 17.7 Å². The normalized spacial score (nSPS) is 32.0. The van der Waals surface area contributed by atoms with Crippen LogP contribution in [0.15, 0.2) is 34.9 Å². The third kappa shape index (κ3) is 10.1. The highest BCUT2D eigenvalue weighted by molar-refractivity contribution is 8.06. The molecule has 0 saturated carbocycles. The number of hydrogen-bond donors (Lipinski definition) is 9. The van der Waals surface area contributed by atoms with E-state index < -0.39 is 141 Å². The maximum Gasteiger partial charge on any atom is 0.313 e. The highest BCUT2D eigenvalue weighted by atomic mass is 32.5. The van der Waals surface area contributed by atoms with E-state index in [1.54, 1.807) is 0 Å². The third-order valence-electron chi connectivity index (χ3n) is 12.0. The van der Waals surface area contributed by atoms with Gasteiger partial charge in [0, 0.05) is 0 Å². The van der Waals surface area contributed by atoms with E-state index in [0.717, 1.165) is 21.8 Å². The summed E-state index contributed by atoms with van der Waals surface area (Å²) < 4.78 is 95.3. The van der Waals surface area contributed by atoms with E-state index in [2.05, 4.69) is 53.0 Å². The number of aryl methyl sites for hydroxylation is 1. The van der Waals surface area contributed by atoms with Crippen molar-refractivity contribution in [3.63, 3.8) is 0 Å². The molecule has 2 bridgehead atoms. The van der Waals surface area contributed by atoms with Gasteiger partial charge in [-0.3, -0.25) is 47.0 Å². The Morgan fingerprint density at radius 1 is 0.800 bits per heavy atom. The minimum atomic E-state index is -6.56. The van der Waals surface area contributed by atoms with Gasteiger partial charge in [-0.1, -0.05) is 16.8 Å². The van der Waals surface area contributed by atoms with Gasteiger partial charge in [0.25, 0.3) is 40.5 Å². The summed E-state index contributed by atoms with van der Waals surface area (Å²) in [5.74, 6) is -0.700. The molecule has 0 spiro atoms. The van der Waals surface area contributed by atoms with E-state index in [1.165, 1.54) is 28.8 Å². The molecule has 16 atom stereocenters. The molecule has 4 saturated heterocycles. The summed E-state index contributed by atoms with van der Waals surface area (Å²) in [7, 11) is -17.6. The number of imidazole rings is 3. The Morgan fingerprint density at radius 2 is 1.43 bits per heavy atom. The van der Waals surface area contributed by atoms with E-state index in [1.807, 2.05) is 0 Å². The van der Waals surface area contributed by atoms with E-state index in [-0.39, 0.29) is 51.2 Å². The SMILES string of the molecule is Cn1c[n+]([C@@H]2O[C@H](COP(=O)([O-])OP(=O)([O-])OP(=O)([O-])OC[C@@]34COC([C@H](n5cnc6c(N)ncnc65)O3)[C@H]4OP([O-])(=S)OC[C@H]3O[C@@H](n4cnc5c(=O)[nH]c(N)nc54)[C@@H](O)C3O)C(O)[C@@H]2O)c2nc(N)[nH]c(=O)c21. The molecule has 408 valence electrons. The predicted octanol–water partition coefficient (Wildman–Crippen LogP) is -7.37. The highest BCUT2D eigenvalue weighted by Crippen LogP contribution is 2.64. The summed E-state index contributed by atoms with van der Waals surface area (Å²) in [5.41, 5.74) is 13.2. The number of ether oxygens (including phenoxy) is 4. The van der Waals surface area contributed by atoms with Crippen molar-refractivity contribution >= 4 is 93.2 Å². The smallest absolute Gasteiger partial charge is 0.313 e. The number of nitrogens with zero attached hydrogens (tertiary/aromatic N) is 10. The number of rotatable bonds is 18. The lowest BCUT2D eigenvalue weighted by atomic mass is 10.0. The van der Waals surface area contributed by atoms with Gasteiger partial charge in [-0.05, 0) is 0 Å². The Morgan fingerprint density at radius 3 is 2.16 bits per heavy atom. The molecule has 7 unspecified atom stereocenters. The van der Waals surface area contributed by atoms with Gasteiger partial charge in [0.2, 0.25) is 17.7 Å². The summed E-state index contributed by atoms with van der Waals surface area (Å²) in [5, 5.41) is 43.2. The Balaban J connectivity index is 0.809. The minimum absolute atomic E-state index is 0.0332. The fraction of sp³-hybridized carbons (Fsp3) is 0.531. The first-order valence-electron chi connectivity index (χ1n) is 21.2. The second-order valence-corrected chi connectivity index (χ2v) is 24.1. The maximum absolute atomic E-state index is 14.0. The van der Waals surface area contributed by atoms with Crippen LogP contribution in [0.1, 0.15) is 18.7 Å². The number of aliphatic hydroxyl groups excluding tert-OH is 4. The van der Waals surface area contributed by atoms with Crippen LogP contribution in [-0.2, 0) is 78.2 Å². The number of hydrogen-bond acceptors (Lipinski definition) is 33. The van der Waals surface area contributed by atoms with Crippen LogP contribution < -0.4 is 52.5 Å². The van der Waals surface area contributed by atoms with Crippen LogP contribution in [0.5, 0.6) is 0 Å².